The number of benzene rings is 1. The molecule has 6 nitrogen and oxygen atoms in total. The summed E-state index contributed by atoms with van der Waals surface area (Å²) in [5, 5.41) is 11.6. The second kappa shape index (κ2) is 4.80. The Bertz CT molecular complexity index is 759. The average Bonchev–Trinajstić information content (AvgIpc) is 3.05. The van der Waals surface area contributed by atoms with E-state index in [1.165, 1.54) is 0 Å². The summed E-state index contributed by atoms with van der Waals surface area (Å²) in [6.45, 7) is 3.52. The molecule has 0 aliphatic rings. The van der Waals surface area contributed by atoms with Crippen LogP contribution in [0.4, 0.5) is 0 Å². The van der Waals surface area contributed by atoms with Crippen LogP contribution in [0.25, 0.3) is 10.9 Å². The van der Waals surface area contributed by atoms with Crippen molar-refractivity contribution in [1.29, 1.82) is 0 Å². The molecule has 1 unspecified atom stereocenters. The van der Waals surface area contributed by atoms with E-state index in [2.05, 4.69) is 20.5 Å². The third kappa shape index (κ3) is 2.27. The molecule has 1 amide bonds. The van der Waals surface area contributed by atoms with Gasteiger partial charge in [-0.2, -0.15) is 0 Å². The fourth-order valence-electron chi connectivity index (χ4n) is 2.02. The second-order valence-corrected chi connectivity index (χ2v) is 4.63. The molecule has 2 N–H and O–H groups in total. The molecule has 0 aliphatic carbocycles. The number of carbonyl (C=O) groups excluding carboxylic acids is 1. The van der Waals surface area contributed by atoms with Gasteiger partial charge in [0.15, 0.2) is 0 Å². The Labute approximate surface area is 115 Å². The predicted molar refractivity (Wildman–Crippen MR) is 73.2 cm³/mol. The van der Waals surface area contributed by atoms with Crippen LogP contribution in [0.15, 0.2) is 34.9 Å². The Kier molecular flexibility index (Phi) is 2.98. The summed E-state index contributed by atoms with van der Waals surface area (Å²) >= 11 is 0. The summed E-state index contributed by atoms with van der Waals surface area (Å²) in [5.74, 6) is 0.704. The van der Waals surface area contributed by atoms with E-state index in [-0.39, 0.29) is 11.9 Å². The van der Waals surface area contributed by atoms with Crippen LogP contribution in [0, 0.1) is 6.92 Å². The van der Waals surface area contributed by atoms with E-state index < -0.39 is 0 Å². The lowest BCUT2D eigenvalue weighted by Crippen LogP contribution is -2.26. The molecule has 0 spiro atoms. The van der Waals surface area contributed by atoms with Crippen LogP contribution in [-0.4, -0.2) is 21.1 Å². The molecule has 3 rings (SSSR count). The number of H-pyrrole nitrogens is 1. The minimum Gasteiger partial charge on any atom is -0.423 e. The first-order valence-electron chi connectivity index (χ1n) is 6.31. The van der Waals surface area contributed by atoms with Gasteiger partial charge in [-0.05, 0) is 30.5 Å². The predicted octanol–water partition coefficient (Wildman–Crippen LogP) is 2.35. The Morgan fingerprint density at radius 1 is 1.35 bits per heavy atom. The first-order chi connectivity index (χ1) is 9.63. The van der Waals surface area contributed by atoms with Crippen LogP contribution in [0.2, 0.25) is 0 Å². The number of rotatable bonds is 3. The van der Waals surface area contributed by atoms with Crippen molar-refractivity contribution in [3.05, 3.63) is 47.8 Å². The summed E-state index contributed by atoms with van der Waals surface area (Å²) in [7, 11) is 0. The van der Waals surface area contributed by atoms with Crippen molar-refractivity contribution in [2.24, 2.45) is 0 Å². The van der Waals surface area contributed by atoms with E-state index in [1.807, 2.05) is 24.4 Å². The molecule has 1 aromatic carbocycles. The molecule has 0 saturated heterocycles. The molecule has 3 aromatic rings. The van der Waals surface area contributed by atoms with Crippen molar-refractivity contribution in [2.45, 2.75) is 19.9 Å². The van der Waals surface area contributed by atoms with Crippen molar-refractivity contribution in [3.8, 4) is 0 Å². The lowest BCUT2D eigenvalue weighted by Gasteiger charge is -2.09. The van der Waals surface area contributed by atoms with Gasteiger partial charge >= 0.3 is 0 Å². The quantitative estimate of drug-likeness (QED) is 0.765. The van der Waals surface area contributed by atoms with Crippen molar-refractivity contribution in [3.63, 3.8) is 0 Å². The van der Waals surface area contributed by atoms with E-state index in [0.29, 0.717) is 17.3 Å². The first-order valence-corrected chi connectivity index (χ1v) is 6.31. The molecular formula is C14H14N4O2. The van der Waals surface area contributed by atoms with Crippen LogP contribution in [0.3, 0.4) is 0 Å². The molecule has 0 bridgehead atoms. The van der Waals surface area contributed by atoms with Gasteiger partial charge in [-0.1, -0.05) is 6.07 Å². The minimum absolute atomic E-state index is 0.176. The van der Waals surface area contributed by atoms with Gasteiger partial charge < -0.3 is 14.7 Å². The smallest absolute Gasteiger partial charge is 0.251 e. The van der Waals surface area contributed by atoms with Gasteiger partial charge in [0, 0.05) is 24.2 Å². The average molecular weight is 270 g/mol. The van der Waals surface area contributed by atoms with Crippen LogP contribution < -0.4 is 5.32 Å². The summed E-state index contributed by atoms with van der Waals surface area (Å²) < 4.78 is 5.30. The Hall–Kier alpha value is -2.63. The number of amides is 1. The Morgan fingerprint density at radius 3 is 2.95 bits per heavy atom. The number of aryl methyl sites for hydroxylation is 1. The number of aromatic nitrogens is 3. The first kappa shape index (κ1) is 12.4. The fraction of sp³-hybridized carbons (Fsp3) is 0.214. The SMILES string of the molecule is Cc1nnc(C(C)NC(=O)c2ccc3cc[nH]c3c2)o1. The number of aromatic amines is 1. The van der Waals surface area contributed by atoms with E-state index in [4.69, 9.17) is 4.42 Å². The molecule has 0 aliphatic heterocycles. The van der Waals surface area contributed by atoms with E-state index in [0.717, 1.165) is 10.9 Å². The molecule has 1 atom stereocenters. The molecule has 0 fully saturated rings. The van der Waals surface area contributed by atoms with Gasteiger partial charge in [0.2, 0.25) is 11.8 Å². The van der Waals surface area contributed by atoms with Gasteiger partial charge in [-0.25, -0.2) is 0 Å². The van der Waals surface area contributed by atoms with Gasteiger partial charge in [0.1, 0.15) is 6.04 Å². The highest BCUT2D eigenvalue weighted by Gasteiger charge is 2.16. The topological polar surface area (TPSA) is 83.8 Å². The molecule has 6 heteroatoms. The largest absolute Gasteiger partial charge is 0.423 e. The molecule has 0 saturated carbocycles. The summed E-state index contributed by atoms with van der Waals surface area (Å²) in [6, 6.07) is 7.14. The molecule has 102 valence electrons. The molecule has 0 radical (unpaired) electrons. The van der Waals surface area contributed by atoms with E-state index in [9.17, 15) is 4.79 Å². The number of nitrogens with one attached hydrogen (secondary N) is 2. The lowest BCUT2D eigenvalue weighted by molar-refractivity contribution is 0.0934. The maximum Gasteiger partial charge on any atom is 0.251 e. The van der Waals surface area contributed by atoms with Gasteiger partial charge in [0.25, 0.3) is 5.91 Å². The Balaban J connectivity index is 1.78. The van der Waals surface area contributed by atoms with Gasteiger partial charge in [-0.15, -0.1) is 10.2 Å². The summed E-state index contributed by atoms with van der Waals surface area (Å²) in [4.78, 5) is 15.3. The lowest BCUT2D eigenvalue weighted by atomic mass is 10.1. The summed E-state index contributed by atoms with van der Waals surface area (Å²) in [5.41, 5.74) is 1.52. The standard InChI is InChI=1S/C14H14N4O2/c1-8(14-18-17-9(2)20-14)16-13(19)11-4-3-10-5-6-15-12(10)7-11/h3-8,15H,1-2H3,(H,16,19). The number of hydrogen-bond donors (Lipinski definition) is 2. The third-order valence-corrected chi connectivity index (χ3v) is 3.08. The zero-order valence-electron chi connectivity index (χ0n) is 11.2. The van der Waals surface area contributed by atoms with Gasteiger partial charge in [-0.3, -0.25) is 4.79 Å². The monoisotopic (exact) mass is 270 g/mol. The Morgan fingerprint density at radius 2 is 2.20 bits per heavy atom. The van der Waals surface area contributed by atoms with Crippen molar-refractivity contribution < 1.29 is 9.21 Å². The van der Waals surface area contributed by atoms with Crippen LogP contribution in [0.5, 0.6) is 0 Å². The fourth-order valence-corrected chi connectivity index (χ4v) is 2.02. The van der Waals surface area contributed by atoms with Crippen LogP contribution in [-0.2, 0) is 0 Å². The highest BCUT2D eigenvalue weighted by atomic mass is 16.4. The number of carbonyl (C=O) groups is 1. The normalized spacial score (nSPS) is 12.5. The van der Waals surface area contributed by atoms with Crippen molar-refractivity contribution >= 4 is 16.8 Å². The molecule has 2 aromatic heterocycles. The van der Waals surface area contributed by atoms with E-state index in [1.54, 1.807) is 19.9 Å². The number of hydrogen-bond acceptors (Lipinski definition) is 4. The molecular weight excluding hydrogens is 256 g/mol. The molecule has 2 heterocycles. The summed E-state index contributed by atoms with van der Waals surface area (Å²) in [6.07, 6.45) is 1.84. The number of fused-ring (bicyclic) bond motifs is 1. The van der Waals surface area contributed by atoms with Gasteiger partial charge in [0.05, 0.1) is 0 Å². The zero-order valence-corrected chi connectivity index (χ0v) is 11.2. The highest BCUT2D eigenvalue weighted by molar-refractivity contribution is 5.98. The maximum atomic E-state index is 12.2. The highest BCUT2D eigenvalue weighted by Crippen LogP contribution is 2.16. The molecule has 20 heavy (non-hydrogen) atoms. The zero-order chi connectivity index (χ0) is 14.1. The third-order valence-electron chi connectivity index (χ3n) is 3.08. The number of nitrogens with zero attached hydrogens (tertiary/aromatic N) is 2. The van der Waals surface area contributed by atoms with Crippen LogP contribution >= 0.6 is 0 Å². The maximum absolute atomic E-state index is 12.2. The second-order valence-electron chi connectivity index (χ2n) is 4.63. The van der Waals surface area contributed by atoms with Crippen molar-refractivity contribution in [2.75, 3.05) is 0 Å². The van der Waals surface area contributed by atoms with E-state index >= 15 is 0 Å². The van der Waals surface area contributed by atoms with Crippen LogP contribution in [0.1, 0.15) is 35.1 Å². The van der Waals surface area contributed by atoms with Crippen molar-refractivity contribution in [1.82, 2.24) is 20.5 Å². The minimum atomic E-state index is -0.331.